The highest BCUT2D eigenvalue weighted by molar-refractivity contribution is 5.55. The lowest BCUT2D eigenvalue weighted by atomic mass is 10.2. The first-order chi connectivity index (χ1) is 5.86. The quantitative estimate of drug-likeness (QED) is 0.691. The van der Waals surface area contributed by atoms with Gasteiger partial charge in [-0.05, 0) is 0 Å². The molecule has 0 fully saturated rings. The summed E-state index contributed by atoms with van der Waals surface area (Å²) in [5.41, 5.74) is 0.685. The molecule has 1 aromatic carbocycles. The van der Waals surface area contributed by atoms with Crippen LogP contribution in [-0.2, 0) is 0 Å². The third-order valence-corrected chi connectivity index (χ3v) is 1.58. The second-order valence-corrected chi connectivity index (χ2v) is 2.44. The van der Waals surface area contributed by atoms with E-state index in [9.17, 15) is 4.79 Å². The van der Waals surface area contributed by atoms with Crippen molar-refractivity contribution in [1.29, 1.82) is 0 Å². The van der Waals surface area contributed by atoms with E-state index in [0.29, 0.717) is 5.76 Å². The molecule has 0 aliphatic rings. The van der Waals surface area contributed by atoms with Gasteiger partial charge in [0.25, 0.3) is 5.56 Å². The minimum Gasteiger partial charge on any atom is -0.378 e. The van der Waals surface area contributed by atoms with Gasteiger partial charge in [0.2, 0.25) is 0 Å². The Kier molecular flexibility index (Phi) is 1.55. The van der Waals surface area contributed by atoms with E-state index < -0.39 is 0 Å². The van der Waals surface area contributed by atoms with E-state index in [4.69, 9.17) is 4.52 Å². The van der Waals surface area contributed by atoms with Crippen molar-refractivity contribution in [2.75, 3.05) is 0 Å². The third-order valence-electron chi connectivity index (χ3n) is 1.58. The summed E-state index contributed by atoms with van der Waals surface area (Å²) in [6, 6.07) is 10.9. The number of aromatic amines is 1. The molecule has 3 nitrogen and oxygen atoms in total. The van der Waals surface area contributed by atoms with Crippen LogP contribution in [0.3, 0.4) is 0 Å². The van der Waals surface area contributed by atoms with E-state index >= 15 is 0 Å². The molecule has 3 heteroatoms. The van der Waals surface area contributed by atoms with Crippen molar-refractivity contribution in [3.63, 3.8) is 0 Å². The van der Waals surface area contributed by atoms with E-state index in [2.05, 4.69) is 5.16 Å². The van der Waals surface area contributed by atoms with E-state index in [1.165, 1.54) is 6.07 Å². The Balaban J connectivity index is 2.51. The number of benzene rings is 1. The van der Waals surface area contributed by atoms with Crippen molar-refractivity contribution >= 4 is 0 Å². The number of rotatable bonds is 1. The Morgan fingerprint density at radius 1 is 1.17 bits per heavy atom. The molecule has 0 aliphatic carbocycles. The van der Waals surface area contributed by atoms with Gasteiger partial charge in [0.1, 0.15) is 0 Å². The SMILES string of the molecule is O=c1cc(-c2ccccc2)o[nH]1. The van der Waals surface area contributed by atoms with E-state index in [1.54, 1.807) is 0 Å². The molecule has 0 unspecified atom stereocenters. The zero-order chi connectivity index (χ0) is 8.39. The lowest BCUT2D eigenvalue weighted by molar-refractivity contribution is 0.426. The number of H-pyrrole nitrogens is 1. The van der Waals surface area contributed by atoms with E-state index in [0.717, 1.165) is 5.56 Å². The normalized spacial score (nSPS) is 10.0. The first-order valence-corrected chi connectivity index (χ1v) is 3.60. The number of hydrogen-bond donors (Lipinski definition) is 1. The topological polar surface area (TPSA) is 46.0 Å². The van der Waals surface area contributed by atoms with Gasteiger partial charge in [0.15, 0.2) is 5.76 Å². The molecule has 0 saturated carbocycles. The van der Waals surface area contributed by atoms with Gasteiger partial charge < -0.3 is 4.52 Å². The van der Waals surface area contributed by atoms with Crippen molar-refractivity contribution in [3.05, 3.63) is 46.8 Å². The number of hydrogen-bond acceptors (Lipinski definition) is 2. The monoisotopic (exact) mass is 161 g/mol. The predicted octanol–water partition coefficient (Wildman–Crippen LogP) is 1.63. The molecule has 1 N–H and O–H groups in total. The summed E-state index contributed by atoms with van der Waals surface area (Å²) in [5, 5.41) is 2.24. The number of nitrogens with one attached hydrogen (secondary N) is 1. The van der Waals surface area contributed by atoms with Crippen molar-refractivity contribution in [1.82, 2.24) is 5.16 Å². The zero-order valence-electron chi connectivity index (χ0n) is 6.28. The van der Waals surface area contributed by atoms with Crippen molar-refractivity contribution < 1.29 is 4.52 Å². The van der Waals surface area contributed by atoms with Gasteiger partial charge in [-0.3, -0.25) is 4.79 Å². The highest BCUT2D eigenvalue weighted by Gasteiger charge is 2.00. The summed E-state index contributed by atoms with van der Waals surface area (Å²) in [6.07, 6.45) is 0. The van der Waals surface area contributed by atoms with Gasteiger partial charge in [-0.1, -0.05) is 30.3 Å². The van der Waals surface area contributed by atoms with Crippen LogP contribution < -0.4 is 5.56 Å². The molecular weight excluding hydrogens is 154 g/mol. The fraction of sp³-hybridized carbons (Fsp3) is 0. The molecule has 0 bridgehead atoms. The Bertz CT molecular complexity index is 413. The van der Waals surface area contributed by atoms with Crippen molar-refractivity contribution in [2.24, 2.45) is 0 Å². The van der Waals surface area contributed by atoms with Gasteiger partial charge in [0, 0.05) is 5.56 Å². The van der Waals surface area contributed by atoms with Crippen LogP contribution in [0.2, 0.25) is 0 Å². The summed E-state index contributed by atoms with van der Waals surface area (Å²) in [5.74, 6) is 0.570. The lowest BCUT2D eigenvalue weighted by Gasteiger charge is -1.91. The second kappa shape index (κ2) is 2.70. The van der Waals surface area contributed by atoms with Crippen LogP contribution in [0, 0.1) is 0 Å². The smallest absolute Gasteiger partial charge is 0.280 e. The fourth-order valence-electron chi connectivity index (χ4n) is 1.03. The van der Waals surface area contributed by atoms with Gasteiger partial charge in [-0.2, -0.15) is 5.16 Å². The Hall–Kier alpha value is -1.77. The summed E-state index contributed by atoms with van der Waals surface area (Å²) < 4.78 is 4.91. The predicted molar refractivity (Wildman–Crippen MR) is 44.8 cm³/mol. The van der Waals surface area contributed by atoms with Crippen LogP contribution in [0.5, 0.6) is 0 Å². The minimum atomic E-state index is -0.214. The maximum atomic E-state index is 10.7. The highest BCUT2D eigenvalue weighted by Crippen LogP contribution is 2.15. The molecule has 0 aliphatic heterocycles. The van der Waals surface area contributed by atoms with Gasteiger partial charge in [0.05, 0.1) is 6.07 Å². The summed E-state index contributed by atoms with van der Waals surface area (Å²) in [4.78, 5) is 10.7. The molecular formula is C9H7NO2. The second-order valence-electron chi connectivity index (χ2n) is 2.44. The molecule has 0 atom stereocenters. The van der Waals surface area contributed by atoms with Crippen molar-refractivity contribution in [3.8, 4) is 11.3 Å². The first kappa shape index (κ1) is 6.91. The number of aromatic nitrogens is 1. The average Bonchev–Trinajstić information content (AvgIpc) is 2.54. The van der Waals surface area contributed by atoms with E-state index in [1.807, 2.05) is 30.3 Å². The standard InChI is InChI=1S/C9H7NO2/c11-9-6-8(12-10-9)7-4-2-1-3-5-7/h1-6H,(H,10,11). The maximum Gasteiger partial charge on any atom is 0.280 e. The van der Waals surface area contributed by atoms with Crippen LogP contribution in [-0.4, -0.2) is 5.16 Å². The maximum absolute atomic E-state index is 10.7. The average molecular weight is 161 g/mol. The summed E-state index contributed by atoms with van der Waals surface area (Å²) in [6.45, 7) is 0. The highest BCUT2D eigenvalue weighted by atomic mass is 16.5. The Labute approximate surface area is 68.6 Å². The minimum absolute atomic E-state index is 0.214. The van der Waals surface area contributed by atoms with Crippen LogP contribution in [0.1, 0.15) is 0 Å². The molecule has 60 valence electrons. The van der Waals surface area contributed by atoms with E-state index in [-0.39, 0.29) is 5.56 Å². The van der Waals surface area contributed by atoms with Crippen LogP contribution in [0.15, 0.2) is 45.7 Å². The molecule has 1 heterocycles. The Morgan fingerprint density at radius 3 is 2.50 bits per heavy atom. The van der Waals surface area contributed by atoms with Gasteiger partial charge >= 0.3 is 0 Å². The van der Waals surface area contributed by atoms with Crippen LogP contribution >= 0.6 is 0 Å². The molecule has 0 radical (unpaired) electrons. The molecule has 0 spiro atoms. The van der Waals surface area contributed by atoms with Gasteiger partial charge in [-0.15, -0.1) is 0 Å². The van der Waals surface area contributed by atoms with Crippen LogP contribution in [0.4, 0.5) is 0 Å². The molecule has 0 amide bonds. The largest absolute Gasteiger partial charge is 0.378 e. The van der Waals surface area contributed by atoms with Gasteiger partial charge in [-0.25, -0.2) is 0 Å². The Morgan fingerprint density at radius 2 is 1.92 bits per heavy atom. The summed E-state index contributed by atoms with van der Waals surface area (Å²) in [7, 11) is 0. The lowest BCUT2D eigenvalue weighted by Crippen LogP contribution is -1.92. The molecule has 2 rings (SSSR count). The fourth-order valence-corrected chi connectivity index (χ4v) is 1.03. The third kappa shape index (κ3) is 1.16. The summed E-state index contributed by atoms with van der Waals surface area (Å²) >= 11 is 0. The molecule has 12 heavy (non-hydrogen) atoms. The molecule has 1 aromatic heterocycles. The molecule has 0 saturated heterocycles. The molecule has 2 aromatic rings. The zero-order valence-corrected chi connectivity index (χ0v) is 6.28. The van der Waals surface area contributed by atoms with Crippen molar-refractivity contribution in [2.45, 2.75) is 0 Å². The van der Waals surface area contributed by atoms with Crippen LogP contribution in [0.25, 0.3) is 11.3 Å². The first-order valence-electron chi connectivity index (χ1n) is 3.60.